The molecule has 1 aromatic heterocycles. The summed E-state index contributed by atoms with van der Waals surface area (Å²) < 4.78 is 10.0. The van der Waals surface area contributed by atoms with Gasteiger partial charge in [-0.05, 0) is 12.2 Å². The van der Waals surface area contributed by atoms with Crippen molar-refractivity contribution in [1.82, 2.24) is 9.97 Å². The van der Waals surface area contributed by atoms with Crippen molar-refractivity contribution in [2.24, 2.45) is 0 Å². The molecule has 0 radical (unpaired) electrons. The highest BCUT2D eigenvalue weighted by Gasteiger charge is 2.04. The first-order chi connectivity index (χ1) is 7.31. The fourth-order valence-electron chi connectivity index (χ4n) is 1.02. The van der Waals surface area contributed by atoms with Crippen LogP contribution in [-0.4, -0.2) is 29.9 Å². The molecule has 1 rings (SSSR count). The molecule has 0 N–H and O–H groups in total. The second-order valence-corrected chi connectivity index (χ2v) is 3.18. The summed E-state index contributed by atoms with van der Waals surface area (Å²) in [4.78, 5) is 8.06. The van der Waals surface area contributed by atoms with E-state index in [2.05, 4.69) is 22.6 Å². The predicted octanol–water partition coefficient (Wildman–Crippen LogP) is 1.83. The van der Waals surface area contributed by atoms with Gasteiger partial charge in [0, 0.05) is 6.20 Å². The van der Waals surface area contributed by atoms with E-state index in [1.165, 1.54) is 7.11 Å². The van der Waals surface area contributed by atoms with Crippen LogP contribution in [0.4, 0.5) is 0 Å². The Morgan fingerprint density at radius 1 is 1.40 bits per heavy atom. The molecular weight excluding hydrogens is 212 g/mol. The van der Waals surface area contributed by atoms with Gasteiger partial charge in [-0.3, -0.25) is 0 Å². The van der Waals surface area contributed by atoms with Gasteiger partial charge >= 0.3 is 6.01 Å². The van der Waals surface area contributed by atoms with Gasteiger partial charge in [-0.25, -0.2) is 4.98 Å². The first-order valence-electron chi connectivity index (χ1n) is 4.54. The number of methoxy groups -OCH3 is 2. The van der Waals surface area contributed by atoms with E-state index in [0.29, 0.717) is 11.9 Å². The van der Waals surface area contributed by atoms with Gasteiger partial charge in [0.1, 0.15) is 0 Å². The van der Waals surface area contributed by atoms with Crippen LogP contribution in [0.1, 0.15) is 12.0 Å². The molecule has 82 valence electrons. The second-order valence-electron chi connectivity index (χ2n) is 2.74. The Morgan fingerprint density at radius 3 is 2.80 bits per heavy atom. The van der Waals surface area contributed by atoms with Gasteiger partial charge in [-0.1, -0.05) is 12.2 Å². The number of allylic oxidation sites excluding steroid dienone is 1. The number of hydrogen-bond donors (Lipinski definition) is 1. The number of hydrogen-bond acceptors (Lipinski definition) is 5. The van der Waals surface area contributed by atoms with Crippen LogP contribution in [0.3, 0.4) is 0 Å². The fourth-order valence-corrected chi connectivity index (χ4v) is 1.17. The normalized spacial score (nSPS) is 10.6. The topological polar surface area (TPSA) is 44.2 Å². The van der Waals surface area contributed by atoms with E-state index in [9.17, 15) is 0 Å². The highest BCUT2D eigenvalue weighted by Crippen LogP contribution is 2.18. The van der Waals surface area contributed by atoms with Gasteiger partial charge in [-0.2, -0.15) is 17.6 Å². The van der Waals surface area contributed by atoms with Crippen LogP contribution in [0.2, 0.25) is 0 Å². The van der Waals surface area contributed by atoms with Crippen molar-refractivity contribution in [2.75, 3.05) is 20.0 Å². The number of aromatic nitrogens is 2. The number of ether oxygens (including phenoxy) is 2. The molecule has 0 aromatic carbocycles. The van der Waals surface area contributed by atoms with Crippen molar-refractivity contribution in [3.05, 3.63) is 17.8 Å². The molecule has 0 bridgehead atoms. The summed E-state index contributed by atoms with van der Waals surface area (Å²) in [5, 5.41) is 0. The fraction of sp³-hybridized carbons (Fsp3) is 0.400. The third-order valence-electron chi connectivity index (χ3n) is 1.73. The summed E-state index contributed by atoms with van der Waals surface area (Å²) in [6.07, 6.45) is 6.48. The molecule has 0 atom stereocenters. The smallest absolute Gasteiger partial charge is 0.319 e. The van der Waals surface area contributed by atoms with E-state index in [4.69, 9.17) is 9.47 Å². The van der Waals surface area contributed by atoms with Crippen LogP contribution >= 0.6 is 12.6 Å². The van der Waals surface area contributed by atoms with E-state index < -0.39 is 0 Å². The average molecular weight is 226 g/mol. The molecular formula is C10H14N2O2S. The third kappa shape index (κ3) is 3.43. The van der Waals surface area contributed by atoms with Crippen molar-refractivity contribution >= 4 is 18.7 Å². The van der Waals surface area contributed by atoms with E-state index in [1.807, 2.05) is 12.2 Å². The largest absolute Gasteiger partial charge is 0.480 e. The van der Waals surface area contributed by atoms with Gasteiger partial charge in [0.25, 0.3) is 0 Å². The van der Waals surface area contributed by atoms with Crippen molar-refractivity contribution in [2.45, 2.75) is 6.42 Å². The van der Waals surface area contributed by atoms with E-state index in [0.717, 1.165) is 17.7 Å². The Kier molecular flexibility index (Phi) is 4.97. The van der Waals surface area contributed by atoms with Gasteiger partial charge in [0.05, 0.1) is 19.8 Å². The van der Waals surface area contributed by atoms with Crippen LogP contribution < -0.4 is 9.47 Å². The van der Waals surface area contributed by atoms with Crippen molar-refractivity contribution in [3.8, 4) is 11.9 Å². The third-order valence-corrected chi connectivity index (χ3v) is 1.99. The first-order valence-corrected chi connectivity index (χ1v) is 5.17. The molecule has 0 aliphatic rings. The molecule has 0 saturated carbocycles. The van der Waals surface area contributed by atoms with Crippen LogP contribution in [0, 0.1) is 0 Å². The monoisotopic (exact) mass is 226 g/mol. The number of nitrogens with zero attached hydrogens (tertiary/aromatic N) is 2. The Morgan fingerprint density at radius 2 is 2.20 bits per heavy atom. The molecule has 0 amide bonds. The predicted molar refractivity (Wildman–Crippen MR) is 62.6 cm³/mol. The molecule has 0 spiro atoms. The van der Waals surface area contributed by atoms with Gasteiger partial charge in [-0.15, -0.1) is 0 Å². The molecule has 5 heteroatoms. The summed E-state index contributed by atoms with van der Waals surface area (Å²) in [5.74, 6) is 1.33. The lowest BCUT2D eigenvalue weighted by Gasteiger charge is -2.04. The van der Waals surface area contributed by atoms with Gasteiger partial charge in [0.15, 0.2) is 0 Å². The molecule has 0 aliphatic heterocycles. The Labute approximate surface area is 94.8 Å². The van der Waals surface area contributed by atoms with E-state index in [1.54, 1.807) is 13.3 Å². The maximum Gasteiger partial charge on any atom is 0.319 e. The van der Waals surface area contributed by atoms with Gasteiger partial charge in [0.2, 0.25) is 5.88 Å². The van der Waals surface area contributed by atoms with Crippen molar-refractivity contribution < 1.29 is 9.47 Å². The van der Waals surface area contributed by atoms with E-state index >= 15 is 0 Å². The summed E-state index contributed by atoms with van der Waals surface area (Å²) in [6, 6.07) is 0.304. The zero-order valence-corrected chi connectivity index (χ0v) is 9.70. The lowest BCUT2D eigenvalue weighted by atomic mass is 10.3. The molecule has 0 saturated heterocycles. The molecule has 4 nitrogen and oxygen atoms in total. The number of thiol groups is 1. The molecule has 1 aromatic rings. The zero-order valence-electron chi connectivity index (χ0n) is 8.80. The van der Waals surface area contributed by atoms with E-state index in [-0.39, 0.29) is 0 Å². The van der Waals surface area contributed by atoms with Crippen molar-refractivity contribution in [1.29, 1.82) is 0 Å². The maximum absolute atomic E-state index is 5.12. The molecule has 0 aliphatic carbocycles. The Hall–Kier alpha value is -1.23. The Bertz CT molecular complexity index is 342. The number of rotatable bonds is 5. The standard InChI is InChI=1S/C10H14N2O2S/c1-13-9-8(5-3-4-6-15)7-11-10(12-9)14-2/h3,5,7,15H,4,6H2,1-2H3. The zero-order chi connectivity index (χ0) is 11.1. The molecule has 15 heavy (non-hydrogen) atoms. The summed E-state index contributed by atoms with van der Waals surface area (Å²) in [7, 11) is 3.09. The van der Waals surface area contributed by atoms with Crippen LogP contribution in [0.15, 0.2) is 12.3 Å². The van der Waals surface area contributed by atoms with Crippen LogP contribution in [-0.2, 0) is 0 Å². The quantitative estimate of drug-likeness (QED) is 0.778. The highest BCUT2D eigenvalue weighted by molar-refractivity contribution is 7.80. The second kappa shape index (κ2) is 6.29. The molecule has 1 heterocycles. The summed E-state index contributed by atoms with van der Waals surface area (Å²) in [5.41, 5.74) is 0.833. The minimum absolute atomic E-state index is 0.304. The lowest BCUT2D eigenvalue weighted by molar-refractivity contribution is 0.351. The summed E-state index contributed by atoms with van der Waals surface area (Å²) in [6.45, 7) is 0. The van der Waals surface area contributed by atoms with Gasteiger partial charge < -0.3 is 9.47 Å². The first kappa shape index (κ1) is 11.8. The maximum atomic E-state index is 5.12. The molecule has 0 fully saturated rings. The van der Waals surface area contributed by atoms with Crippen LogP contribution in [0.5, 0.6) is 11.9 Å². The molecule has 0 unspecified atom stereocenters. The lowest BCUT2D eigenvalue weighted by Crippen LogP contribution is -1.97. The highest BCUT2D eigenvalue weighted by atomic mass is 32.1. The summed E-state index contributed by atoms with van der Waals surface area (Å²) >= 11 is 4.11. The Balaban J connectivity index is 2.87. The SMILES string of the molecule is COc1ncc(C=CCCS)c(OC)n1. The van der Waals surface area contributed by atoms with Crippen LogP contribution in [0.25, 0.3) is 6.08 Å². The van der Waals surface area contributed by atoms with Crippen molar-refractivity contribution in [3.63, 3.8) is 0 Å². The average Bonchev–Trinajstić information content (AvgIpc) is 2.29. The minimum Gasteiger partial charge on any atom is -0.480 e. The minimum atomic E-state index is 0.304.